The summed E-state index contributed by atoms with van der Waals surface area (Å²) in [6, 6.07) is 4.12. The Kier molecular flexibility index (Phi) is 2.91. The predicted octanol–water partition coefficient (Wildman–Crippen LogP) is 4.29. The Hall–Kier alpha value is -0.930. The van der Waals surface area contributed by atoms with E-state index >= 15 is 0 Å². The summed E-state index contributed by atoms with van der Waals surface area (Å²) < 4.78 is 2.11. The number of halogens is 2. The van der Waals surface area contributed by atoms with Crippen LogP contribution < -0.4 is 5.73 Å². The number of benzene rings is 1. The summed E-state index contributed by atoms with van der Waals surface area (Å²) in [5.74, 6) is 1.29. The number of hydrogen-bond donors (Lipinski definition) is 1. The van der Waals surface area contributed by atoms with E-state index < -0.39 is 0 Å². The molecule has 3 rings (SSSR count). The molecule has 2 N–H and O–H groups in total. The Labute approximate surface area is 116 Å². The normalized spacial score (nSPS) is 22.6. The maximum absolute atomic E-state index is 6.08. The van der Waals surface area contributed by atoms with Crippen LogP contribution >= 0.6 is 23.2 Å². The van der Waals surface area contributed by atoms with Gasteiger partial charge in [-0.2, -0.15) is 0 Å². The molecule has 2 atom stereocenters. The van der Waals surface area contributed by atoms with Gasteiger partial charge in [0.15, 0.2) is 0 Å². The van der Waals surface area contributed by atoms with Crippen LogP contribution in [0.3, 0.4) is 0 Å². The van der Waals surface area contributed by atoms with Gasteiger partial charge < -0.3 is 10.3 Å². The summed E-state index contributed by atoms with van der Waals surface area (Å²) in [6.07, 6.45) is 3.63. The van der Waals surface area contributed by atoms with Gasteiger partial charge in [0.1, 0.15) is 0 Å². The molecule has 1 aliphatic rings. The molecule has 1 fully saturated rings. The molecule has 1 aliphatic carbocycles. The fraction of sp³-hybridized carbons (Fsp3) is 0.462. The van der Waals surface area contributed by atoms with E-state index in [4.69, 9.17) is 28.9 Å². The van der Waals surface area contributed by atoms with Crippen LogP contribution in [0.4, 0.5) is 5.95 Å². The summed E-state index contributed by atoms with van der Waals surface area (Å²) in [5.41, 5.74) is 7.83. The van der Waals surface area contributed by atoms with Gasteiger partial charge in [-0.25, -0.2) is 4.98 Å². The van der Waals surface area contributed by atoms with Crippen molar-refractivity contribution in [3.8, 4) is 0 Å². The van der Waals surface area contributed by atoms with E-state index in [9.17, 15) is 0 Å². The lowest BCUT2D eigenvalue weighted by Crippen LogP contribution is -2.02. The number of nitrogens with two attached hydrogens (primary N) is 1. The first kappa shape index (κ1) is 12.1. The highest BCUT2D eigenvalue weighted by Gasteiger charge is 2.39. The van der Waals surface area contributed by atoms with Crippen molar-refractivity contribution in [1.29, 1.82) is 0 Å². The average Bonchev–Trinajstić information content (AvgIpc) is 2.98. The van der Waals surface area contributed by atoms with E-state index in [1.807, 2.05) is 6.07 Å². The number of imidazole rings is 1. The molecule has 1 aromatic carbocycles. The van der Waals surface area contributed by atoms with Gasteiger partial charge in [0.2, 0.25) is 5.95 Å². The highest BCUT2D eigenvalue weighted by atomic mass is 35.5. The number of hydrogen-bond acceptors (Lipinski definition) is 2. The molecule has 1 aromatic heterocycles. The summed E-state index contributed by atoms with van der Waals surface area (Å²) >= 11 is 12.1. The quantitative estimate of drug-likeness (QED) is 0.913. The molecule has 3 nitrogen and oxygen atoms in total. The molecule has 2 unspecified atom stereocenters. The lowest BCUT2D eigenvalue weighted by molar-refractivity contribution is 0.622. The minimum absolute atomic E-state index is 0.479. The van der Waals surface area contributed by atoms with Crippen molar-refractivity contribution in [1.82, 2.24) is 9.55 Å². The van der Waals surface area contributed by atoms with Crippen molar-refractivity contribution in [3.63, 3.8) is 0 Å². The highest BCUT2D eigenvalue weighted by molar-refractivity contribution is 6.42. The van der Waals surface area contributed by atoms with Crippen LogP contribution in [0.1, 0.15) is 32.2 Å². The van der Waals surface area contributed by atoms with Gasteiger partial charge in [-0.1, -0.05) is 36.5 Å². The Bertz CT molecular complexity index is 606. The molecule has 0 aliphatic heterocycles. The molecule has 0 amide bonds. The standard InChI is InChI=1S/C13H15Cl2N3/c1-2-3-7-4-11(7)18-12-6-9(15)8(14)5-10(12)17-13(18)16/h5-7,11H,2-4H2,1H3,(H2,16,17). The van der Waals surface area contributed by atoms with Crippen molar-refractivity contribution < 1.29 is 0 Å². The lowest BCUT2D eigenvalue weighted by atomic mass is 10.2. The highest BCUT2D eigenvalue weighted by Crippen LogP contribution is 2.49. The molecule has 0 spiro atoms. The van der Waals surface area contributed by atoms with Gasteiger partial charge in [-0.3, -0.25) is 0 Å². The van der Waals surface area contributed by atoms with Crippen LogP contribution in [0.25, 0.3) is 11.0 Å². The first-order chi connectivity index (χ1) is 8.61. The van der Waals surface area contributed by atoms with Gasteiger partial charge in [-0.15, -0.1) is 0 Å². The lowest BCUT2D eigenvalue weighted by Gasteiger charge is -2.06. The smallest absolute Gasteiger partial charge is 0.201 e. The van der Waals surface area contributed by atoms with Crippen molar-refractivity contribution >= 4 is 40.2 Å². The van der Waals surface area contributed by atoms with E-state index in [-0.39, 0.29) is 0 Å². The molecule has 0 bridgehead atoms. The zero-order valence-corrected chi connectivity index (χ0v) is 11.7. The summed E-state index contributed by atoms with van der Waals surface area (Å²) in [4.78, 5) is 4.37. The molecule has 0 saturated heterocycles. The van der Waals surface area contributed by atoms with Crippen LogP contribution in [0.5, 0.6) is 0 Å². The van der Waals surface area contributed by atoms with Crippen LogP contribution in [-0.4, -0.2) is 9.55 Å². The van der Waals surface area contributed by atoms with Crippen molar-refractivity contribution in [2.75, 3.05) is 5.73 Å². The second kappa shape index (κ2) is 4.32. The number of fused-ring (bicyclic) bond motifs is 1. The number of rotatable bonds is 3. The largest absolute Gasteiger partial charge is 0.369 e. The zero-order chi connectivity index (χ0) is 12.9. The molecule has 5 heteroatoms. The second-order valence-corrected chi connectivity index (χ2v) is 5.76. The average molecular weight is 284 g/mol. The van der Waals surface area contributed by atoms with Crippen LogP contribution in [0, 0.1) is 5.92 Å². The Morgan fingerprint density at radius 1 is 1.39 bits per heavy atom. The number of nitrogen functional groups attached to an aromatic ring is 1. The third-order valence-corrected chi connectivity index (χ3v) is 4.36. The number of aromatic nitrogens is 2. The van der Waals surface area contributed by atoms with Gasteiger partial charge in [0.25, 0.3) is 0 Å². The summed E-state index contributed by atoms with van der Waals surface area (Å²) in [5, 5.41) is 1.08. The molecule has 0 radical (unpaired) electrons. The fourth-order valence-electron chi connectivity index (χ4n) is 2.69. The number of nitrogens with zero attached hydrogens (tertiary/aromatic N) is 2. The maximum atomic E-state index is 6.08. The van der Waals surface area contributed by atoms with E-state index in [1.54, 1.807) is 6.07 Å². The first-order valence-electron chi connectivity index (χ1n) is 6.24. The van der Waals surface area contributed by atoms with Gasteiger partial charge in [-0.05, 0) is 30.9 Å². The molecular weight excluding hydrogens is 269 g/mol. The minimum atomic E-state index is 0.479. The van der Waals surface area contributed by atoms with Gasteiger partial charge >= 0.3 is 0 Å². The van der Waals surface area contributed by atoms with E-state index in [0.29, 0.717) is 22.0 Å². The van der Waals surface area contributed by atoms with Gasteiger partial charge in [0.05, 0.1) is 21.1 Å². The molecule has 1 saturated carbocycles. The van der Waals surface area contributed by atoms with E-state index in [0.717, 1.165) is 17.0 Å². The predicted molar refractivity (Wildman–Crippen MR) is 76.2 cm³/mol. The summed E-state index contributed by atoms with van der Waals surface area (Å²) in [7, 11) is 0. The summed E-state index contributed by atoms with van der Waals surface area (Å²) in [6.45, 7) is 2.21. The van der Waals surface area contributed by atoms with Crippen LogP contribution in [-0.2, 0) is 0 Å². The topological polar surface area (TPSA) is 43.8 Å². The van der Waals surface area contributed by atoms with Crippen molar-refractivity contribution in [3.05, 3.63) is 22.2 Å². The third kappa shape index (κ3) is 1.86. The van der Waals surface area contributed by atoms with Gasteiger partial charge in [0, 0.05) is 6.04 Å². The first-order valence-corrected chi connectivity index (χ1v) is 7.00. The van der Waals surface area contributed by atoms with E-state index in [1.165, 1.54) is 19.3 Å². The van der Waals surface area contributed by atoms with Crippen molar-refractivity contribution in [2.24, 2.45) is 5.92 Å². The third-order valence-electron chi connectivity index (χ3n) is 3.64. The Balaban J connectivity index is 2.07. The van der Waals surface area contributed by atoms with E-state index in [2.05, 4.69) is 16.5 Å². The molecular formula is C13H15Cl2N3. The molecule has 18 heavy (non-hydrogen) atoms. The van der Waals surface area contributed by atoms with Crippen LogP contribution in [0.2, 0.25) is 10.0 Å². The molecule has 1 heterocycles. The SMILES string of the molecule is CCCC1CC1n1c(N)nc2cc(Cl)c(Cl)cc21. The molecule has 96 valence electrons. The maximum Gasteiger partial charge on any atom is 0.201 e. The Morgan fingerprint density at radius 2 is 2.11 bits per heavy atom. The number of anilines is 1. The fourth-order valence-corrected chi connectivity index (χ4v) is 3.00. The second-order valence-electron chi connectivity index (χ2n) is 4.95. The van der Waals surface area contributed by atoms with Crippen LogP contribution in [0.15, 0.2) is 12.1 Å². The Morgan fingerprint density at radius 3 is 2.83 bits per heavy atom. The monoisotopic (exact) mass is 283 g/mol. The minimum Gasteiger partial charge on any atom is -0.369 e. The molecule has 2 aromatic rings. The zero-order valence-electron chi connectivity index (χ0n) is 10.2. The van der Waals surface area contributed by atoms with Crippen molar-refractivity contribution in [2.45, 2.75) is 32.2 Å².